The van der Waals surface area contributed by atoms with E-state index >= 15 is 0 Å². The normalized spacial score (nSPS) is 22.5. The summed E-state index contributed by atoms with van der Waals surface area (Å²) in [6.07, 6.45) is 4.83. The van der Waals surface area contributed by atoms with Gasteiger partial charge in [-0.15, -0.1) is 0 Å². The summed E-state index contributed by atoms with van der Waals surface area (Å²) in [5.41, 5.74) is 2.75. The third-order valence-electron chi connectivity index (χ3n) is 9.75. The van der Waals surface area contributed by atoms with Gasteiger partial charge in [0.05, 0.1) is 16.8 Å². The fourth-order valence-corrected chi connectivity index (χ4v) is 9.29. The molecule has 4 amide bonds. The number of aromatic nitrogens is 2. The van der Waals surface area contributed by atoms with Crippen LogP contribution in [0.5, 0.6) is 0 Å². The first-order valence-corrected chi connectivity index (χ1v) is 17.6. The van der Waals surface area contributed by atoms with Crippen molar-refractivity contribution < 1.29 is 22.8 Å². The molecule has 0 radical (unpaired) electrons. The molecule has 2 unspecified atom stereocenters. The number of aryl methyl sites for hydroxylation is 1. The summed E-state index contributed by atoms with van der Waals surface area (Å²) in [4.78, 5) is 52.6. The van der Waals surface area contributed by atoms with Crippen LogP contribution in [0.2, 0.25) is 0 Å². The fraction of sp³-hybridized carbons (Fsp3) is 0.515. The number of hydrogen-bond donors (Lipinski definition) is 2. The zero-order chi connectivity index (χ0) is 32.8. The van der Waals surface area contributed by atoms with Crippen LogP contribution in [0.3, 0.4) is 0 Å². The molecule has 1 aromatic heterocycles. The number of nitrogens with zero attached hydrogens (tertiary/aromatic N) is 4. The molecule has 0 spiro atoms. The molecule has 0 aliphatic carbocycles. The van der Waals surface area contributed by atoms with Crippen molar-refractivity contribution >= 4 is 44.6 Å². The molecule has 46 heavy (non-hydrogen) atoms. The molecule has 12 nitrogen and oxygen atoms in total. The van der Waals surface area contributed by atoms with E-state index in [1.807, 2.05) is 32.0 Å². The Hall–Kier alpha value is -3.97. The molecule has 3 fully saturated rings. The maximum absolute atomic E-state index is 13.4. The van der Waals surface area contributed by atoms with Gasteiger partial charge in [-0.3, -0.25) is 24.0 Å². The lowest BCUT2D eigenvalue weighted by Crippen LogP contribution is -2.50. The minimum atomic E-state index is -3.53. The van der Waals surface area contributed by atoms with Gasteiger partial charge in [0.2, 0.25) is 21.8 Å². The number of hydrogen-bond acceptors (Lipinski definition) is 6. The van der Waals surface area contributed by atoms with Crippen molar-refractivity contribution in [2.45, 2.75) is 82.0 Å². The van der Waals surface area contributed by atoms with Crippen LogP contribution in [0, 0.1) is 0 Å². The van der Waals surface area contributed by atoms with E-state index in [1.54, 1.807) is 40.5 Å². The van der Waals surface area contributed by atoms with E-state index in [9.17, 15) is 27.6 Å². The molecule has 2 atom stereocenters. The number of benzene rings is 2. The Bertz CT molecular complexity index is 1860. The molecule has 13 heteroatoms. The molecule has 2 N–H and O–H groups in total. The molecule has 0 saturated carbocycles. The zero-order valence-corrected chi connectivity index (χ0v) is 27.4. The molecule has 6 rings (SSSR count). The van der Waals surface area contributed by atoms with Gasteiger partial charge in [-0.25, -0.2) is 18.0 Å². The van der Waals surface area contributed by atoms with Crippen LogP contribution in [0.4, 0.5) is 10.5 Å². The largest absolute Gasteiger partial charge is 0.329 e. The monoisotopic (exact) mass is 650 g/mol. The van der Waals surface area contributed by atoms with Gasteiger partial charge in [0, 0.05) is 50.2 Å². The van der Waals surface area contributed by atoms with E-state index in [0.29, 0.717) is 41.9 Å². The van der Waals surface area contributed by atoms with Crippen molar-refractivity contribution in [1.82, 2.24) is 23.7 Å². The van der Waals surface area contributed by atoms with Crippen LogP contribution in [0.1, 0.15) is 81.9 Å². The van der Waals surface area contributed by atoms with Gasteiger partial charge >= 0.3 is 11.7 Å². The smallest absolute Gasteiger partial charge is 0.324 e. The molecular weight excluding hydrogens is 608 g/mol. The van der Waals surface area contributed by atoms with Crippen LogP contribution < -0.4 is 16.3 Å². The minimum Gasteiger partial charge on any atom is -0.324 e. The van der Waals surface area contributed by atoms with E-state index < -0.39 is 27.5 Å². The average molecular weight is 651 g/mol. The number of fused-ring (bicyclic) bond motifs is 1. The standard InChI is InChI=1S/C33H42N6O6S/c1-33(2)15-4-5-17-38(33)46(44,45)21-22-8-6-10-25(18-22)34-31(42)37-16-7-9-24(20-37)23-11-12-26-28(19-23)36(3)32(43)39(26)27-13-14-29(40)35-30(27)41/h6,8,10-12,18-19,24,27H,4-5,7,9,13-17,20-21H2,1-3H3,(H,34,42)(H,35,40,41). The Morgan fingerprint density at radius 1 is 1.00 bits per heavy atom. The Morgan fingerprint density at radius 2 is 1.80 bits per heavy atom. The maximum atomic E-state index is 13.4. The fourth-order valence-electron chi connectivity index (χ4n) is 7.28. The molecule has 3 aliphatic rings. The summed E-state index contributed by atoms with van der Waals surface area (Å²) >= 11 is 0. The van der Waals surface area contributed by atoms with E-state index in [2.05, 4.69) is 10.6 Å². The average Bonchev–Trinajstić information content (AvgIpc) is 3.25. The number of imide groups is 1. The number of urea groups is 1. The molecule has 246 valence electrons. The SMILES string of the molecule is Cn1c(=O)n(C2CCC(=O)NC2=O)c2ccc(C3CCCN(C(=O)Nc4cccc(CS(=O)(=O)N5CCCCC5(C)C)c4)C3)cc21. The predicted octanol–water partition coefficient (Wildman–Crippen LogP) is 3.82. The van der Waals surface area contributed by atoms with Gasteiger partial charge in [0.15, 0.2) is 0 Å². The first-order chi connectivity index (χ1) is 21.8. The third-order valence-corrected chi connectivity index (χ3v) is 11.8. The number of anilines is 1. The number of sulfonamides is 1. The van der Waals surface area contributed by atoms with E-state index in [4.69, 9.17) is 0 Å². The molecule has 3 saturated heterocycles. The van der Waals surface area contributed by atoms with Crippen molar-refractivity contribution in [3.63, 3.8) is 0 Å². The van der Waals surface area contributed by atoms with Gasteiger partial charge in [0.1, 0.15) is 6.04 Å². The lowest BCUT2D eigenvalue weighted by Gasteiger charge is -2.41. The number of imidazole rings is 1. The summed E-state index contributed by atoms with van der Waals surface area (Å²) in [6, 6.07) is 11.8. The van der Waals surface area contributed by atoms with E-state index in [-0.39, 0.29) is 42.1 Å². The highest BCUT2D eigenvalue weighted by atomic mass is 32.2. The highest BCUT2D eigenvalue weighted by molar-refractivity contribution is 7.88. The van der Waals surface area contributed by atoms with Crippen molar-refractivity contribution in [3.05, 3.63) is 64.1 Å². The lowest BCUT2D eigenvalue weighted by molar-refractivity contribution is -0.135. The summed E-state index contributed by atoms with van der Waals surface area (Å²) in [5.74, 6) is -0.882. The Morgan fingerprint density at radius 3 is 2.57 bits per heavy atom. The number of amides is 4. The number of nitrogens with one attached hydrogen (secondary N) is 2. The van der Waals surface area contributed by atoms with Crippen LogP contribution in [-0.4, -0.2) is 69.8 Å². The van der Waals surface area contributed by atoms with Crippen molar-refractivity contribution in [1.29, 1.82) is 0 Å². The van der Waals surface area contributed by atoms with Gasteiger partial charge in [0.25, 0.3) is 0 Å². The van der Waals surface area contributed by atoms with Crippen molar-refractivity contribution in [2.75, 3.05) is 25.0 Å². The van der Waals surface area contributed by atoms with E-state index in [1.165, 1.54) is 9.13 Å². The molecule has 0 bridgehead atoms. The van der Waals surface area contributed by atoms with Crippen molar-refractivity contribution in [2.24, 2.45) is 7.05 Å². The summed E-state index contributed by atoms with van der Waals surface area (Å²) in [5, 5.41) is 5.30. The van der Waals surface area contributed by atoms with Gasteiger partial charge in [-0.05, 0) is 81.3 Å². The second-order valence-electron chi connectivity index (χ2n) is 13.4. The summed E-state index contributed by atoms with van der Waals surface area (Å²) in [7, 11) is -1.85. The maximum Gasteiger partial charge on any atom is 0.329 e. The number of rotatable bonds is 6. The van der Waals surface area contributed by atoms with Crippen LogP contribution >= 0.6 is 0 Å². The summed E-state index contributed by atoms with van der Waals surface area (Å²) in [6.45, 7) is 5.55. The topological polar surface area (TPSA) is 143 Å². The first-order valence-electron chi connectivity index (χ1n) is 16.0. The van der Waals surface area contributed by atoms with Crippen molar-refractivity contribution in [3.8, 4) is 0 Å². The summed E-state index contributed by atoms with van der Waals surface area (Å²) < 4.78 is 31.3. The highest BCUT2D eigenvalue weighted by Gasteiger charge is 2.38. The van der Waals surface area contributed by atoms with Crippen LogP contribution in [0.25, 0.3) is 11.0 Å². The minimum absolute atomic E-state index is 0.0438. The molecule has 3 aliphatic heterocycles. The second kappa shape index (κ2) is 12.3. The number of likely N-dealkylation sites (tertiary alicyclic amines) is 1. The Balaban J connectivity index is 1.15. The zero-order valence-electron chi connectivity index (χ0n) is 26.6. The van der Waals surface area contributed by atoms with E-state index in [0.717, 1.165) is 37.7 Å². The second-order valence-corrected chi connectivity index (χ2v) is 15.3. The Labute approximate surface area is 268 Å². The molecule has 3 aromatic rings. The highest BCUT2D eigenvalue weighted by Crippen LogP contribution is 2.33. The first kappa shape index (κ1) is 32.0. The lowest BCUT2D eigenvalue weighted by atomic mass is 9.90. The molecule has 2 aromatic carbocycles. The molecular formula is C33H42N6O6S. The quantitative estimate of drug-likeness (QED) is 0.389. The molecule has 4 heterocycles. The van der Waals surface area contributed by atoms with Gasteiger partial charge in [-0.1, -0.05) is 24.6 Å². The van der Waals surface area contributed by atoms with Crippen LogP contribution in [-0.2, 0) is 32.4 Å². The number of piperidine rings is 3. The van der Waals surface area contributed by atoms with Gasteiger partial charge in [-0.2, -0.15) is 4.31 Å². The predicted molar refractivity (Wildman–Crippen MR) is 175 cm³/mol. The third kappa shape index (κ3) is 6.22. The number of carbonyl (C=O) groups is 3. The number of carbonyl (C=O) groups excluding carboxylic acids is 3. The van der Waals surface area contributed by atoms with Crippen LogP contribution in [0.15, 0.2) is 47.3 Å². The van der Waals surface area contributed by atoms with Gasteiger partial charge < -0.3 is 10.2 Å². The Kier molecular flexibility index (Phi) is 8.57.